The van der Waals surface area contributed by atoms with E-state index in [0.29, 0.717) is 0 Å². The van der Waals surface area contributed by atoms with Crippen LogP contribution in [0.25, 0.3) is 0 Å². The molecule has 0 rings (SSSR count). The quantitative estimate of drug-likeness (QED) is 0.317. The van der Waals surface area contributed by atoms with E-state index >= 15 is 0 Å². The molecule has 0 aromatic carbocycles. The monoisotopic (exact) mass is 212 g/mol. The van der Waals surface area contributed by atoms with Crippen molar-refractivity contribution in [3.05, 3.63) is 0 Å². The van der Waals surface area contributed by atoms with Crippen LogP contribution in [0.2, 0.25) is 0 Å². The Labute approximate surface area is 111 Å². The third-order valence-corrected chi connectivity index (χ3v) is 0. The number of phosphoric acid groups is 1. The van der Waals surface area contributed by atoms with E-state index in [-0.39, 0.29) is 86.4 Å². The first-order chi connectivity index (χ1) is 2.00. The third-order valence-electron chi connectivity index (χ3n) is 0. The van der Waals surface area contributed by atoms with E-state index in [0.717, 1.165) is 0 Å². The standard InChI is InChI=1S/2Ca.H3O4P.2H2O/c;;1-5(2,3)4;;/h;;(H3,1,2,3,4);2*1H2/q2*+2;;;/p-2. The van der Waals surface area contributed by atoms with Gasteiger partial charge in [-0.05, 0) is 0 Å². The molecule has 0 aromatic heterocycles. The molecule has 0 fully saturated rings. The predicted molar refractivity (Wildman–Crippen MR) is 28.6 cm³/mol. The second-order valence-corrected chi connectivity index (χ2v) is 1.41. The molecule has 0 bridgehead atoms. The zero-order valence-electron chi connectivity index (χ0n) is 4.53. The van der Waals surface area contributed by atoms with Gasteiger partial charge in [0.15, 0.2) is 0 Å². The minimum Gasteiger partial charge on any atom is -0.790 e. The van der Waals surface area contributed by atoms with Gasteiger partial charge in [-0.2, -0.15) is 0 Å². The molecule has 9 heavy (non-hydrogen) atoms. The van der Waals surface area contributed by atoms with Crippen molar-refractivity contribution in [2.24, 2.45) is 0 Å². The zero-order valence-corrected chi connectivity index (χ0v) is 9.84. The summed E-state index contributed by atoms with van der Waals surface area (Å²) in [5, 5.41) is 0. The first kappa shape index (κ1) is 30.0. The van der Waals surface area contributed by atoms with E-state index in [1.807, 2.05) is 0 Å². The van der Waals surface area contributed by atoms with Crippen molar-refractivity contribution >= 4 is 83.3 Å². The summed E-state index contributed by atoms with van der Waals surface area (Å²) in [6, 6.07) is 0. The van der Waals surface area contributed by atoms with Gasteiger partial charge in [-0.15, -0.1) is 0 Å². The number of hydrogen-bond donors (Lipinski definition) is 1. The molecule has 48 valence electrons. The molecule has 5 N–H and O–H groups in total. The topological polar surface area (TPSA) is 146 Å². The second-order valence-electron chi connectivity index (χ2n) is 0.469. The van der Waals surface area contributed by atoms with Gasteiger partial charge in [0.2, 0.25) is 0 Å². The van der Waals surface area contributed by atoms with E-state index in [4.69, 9.17) is 19.2 Å². The van der Waals surface area contributed by atoms with Crippen molar-refractivity contribution < 1.29 is 30.2 Å². The fourth-order valence-corrected chi connectivity index (χ4v) is 0. The average molecular weight is 212 g/mol. The zero-order chi connectivity index (χ0) is 4.50. The Morgan fingerprint density at radius 1 is 1.11 bits per heavy atom. The van der Waals surface area contributed by atoms with Crippen LogP contribution in [0.4, 0.5) is 0 Å². The van der Waals surface area contributed by atoms with Gasteiger partial charge in [0, 0.05) is 0 Å². The van der Waals surface area contributed by atoms with E-state index in [1.165, 1.54) is 0 Å². The van der Waals surface area contributed by atoms with Gasteiger partial charge in [0.05, 0.1) is 7.82 Å². The Bertz CT molecular complexity index is 57.2. The summed E-state index contributed by atoms with van der Waals surface area (Å²) < 4.78 is 8.66. The Morgan fingerprint density at radius 2 is 1.11 bits per heavy atom. The minimum absolute atomic E-state index is 0. The fourth-order valence-electron chi connectivity index (χ4n) is 0. The van der Waals surface area contributed by atoms with Crippen LogP contribution < -0.4 is 9.79 Å². The van der Waals surface area contributed by atoms with Crippen molar-refractivity contribution in [2.75, 3.05) is 0 Å². The van der Waals surface area contributed by atoms with Crippen LogP contribution in [0.15, 0.2) is 0 Å². The summed E-state index contributed by atoms with van der Waals surface area (Å²) >= 11 is 0. The maximum atomic E-state index is 8.66. The molecule has 0 heterocycles. The van der Waals surface area contributed by atoms with Crippen LogP contribution in [0.1, 0.15) is 0 Å². The molecule has 0 unspecified atom stereocenters. The van der Waals surface area contributed by atoms with Crippen LogP contribution in [0.5, 0.6) is 0 Å². The van der Waals surface area contributed by atoms with E-state index in [9.17, 15) is 0 Å². The fraction of sp³-hybridized carbons (Fsp3) is 0. The summed E-state index contributed by atoms with van der Waals surface area (Å²) in [5.41, 5.74) is 0. The molecule has 0 aromatic rings. The van der Waals surface area contributed by atoms with Crippen LogP contribution in [0, 0.1) is 0 Å². The second kappa shape index (κ2) is 13.2. The normalized spacial score (nSPS) is 6.56. The number of rotatable bonds is 0. The van der Waals surface area contributed by atoms with Crippen LogP contribution in [0.3, 0.4) is 0 Å². The Hall–Kier alpha value is 2.55. The molecule has 0 aliphatic heterocycles. The van der Waals surface area contributed by atoms with Crippen molar-refractivity contribution in [1.29, 1.82) is 0 Å². The Morgan fingerprint density at radius 3 is 1.11 bits per heavy atom. The molecule has 9 heteroatoms. The van der Waals surface area contributed by atoms with Crippen LogP contribution in [-0.4, -0.2) is 91.3 Å². The first-order valence-electron chi connectivity index (χ1n) is 0.748. The molecule has 0 spiro atoms. The van der Waals surface area contributed by atoms with E-state index < -0.39 is 7.82 Å². The van der Waals surface area contributed by atoms with Gasteiger partial charge in [0.25, 0.3) is 0 Å². The summed E-state index contributed by atoms with van der Waals surface area (Å²) in [7, 11) is -5.14. The molecule has 0 saturated heterocycles. The number of hydrogen-bond acceptors (Lipinski definition) is 3. The molecule has 0 radical (unpaired) electrons. The molecule has 6 nitrogen and oxygen atoms in total. The van der Waals surface area contributed by atoms with Crippen molar-refractivity contribution in [3.63, 3.8) is 0 Å². The van der Waals surface area contributed by atoms with E-state index in [2.05, 4.69) is 0 Å². The maximum Gasteiger partial charge on any atom is 2.00 e. The van der Waals surface area contributed by atoms with E-state index in [1.54, 1.807) is 0 Å². The molecule has 0 amide bonds. The summed E-state index contributed by atoms with van der Waals surface area (Å²) in [4.78, 5) is 24.3. The summed E-state index contributed by atoms with van der Waals surface area (Å²) in [6.45, 7) is 0. The largest absolute Gasteiger partial charge is 2.00 e. The smallest absolute Gasteiger partial charge is 0.790 e. The Balaban J connectivity index is -0.0000000133. The van der Waals surface area contributed by atoms with Crippen molar-refractivity contribution in [2.45, 2.75) is 0 Å². The van der Waals surface area contributed by atoms with Gasteiger partial charge in [-0.1, -0.05) is 0 Å². The van der Waals surface area contributed by atoms with Gasteiger partial charge in [-0.25, -0.2) is 0 Å². The first-order valence-corrected chi connectivity index (χ1v) is 2.24. The van der Waals surface area contributed by atoms with Gasteiger partial charge >= 0.3 is 75.5 Å². The maximum absolute atomic E-state index is 8.66. The summed E-state index contributed by atoms with van der Waals surface area (Å²) in [5.74, 6) is 0. The molecule has 0 atom stereocenters. The SMILES string of the molecule is O.O.O=P([O-])([O-])O.[Ca+2].[Ca+2]. The van der Waals surface area contributed by atoms with Gasteiger partial charge in [0.1, 0.15) is 0 Å². The van der Waals surface area contributed by atoms with Crippen LogP contribution in [-0.2, 0) is 4.57 Å². The van der Waals surface area contributed by atoms with Crippen molar-refractivity contribution in [1.82, 2.24) is 0 Å². The van der Waals surface area contributed by atoms with Crippen molar-refractivity contribution in [3.8, 4) is 0 Å². The summed E-state index contributed by atoms with van der Waals surface area (Å²) in [6.07, 6.45) is 0. The predicted octanol–water partition coefficient (Wildman–Crippen LogP) is -4.60. The molecule has 0 aliphatic rings. The third kappa shape index (κ3) is 119. The van der Waals surface area contributed by atoms with Gasteiger partial charge < -0.3 is 30.2 Å². The Kier molecular flexibility index (Phi) is 43.8. The average Bonchev–Trinajstić information content (AvgIpc) is 0.722. The molecular weight excluding hydrogens is 207 g/mol. The van der Waals surface area contributed by atoms with Gasteiger partial charge in [-0.3, -0.25) is 0 Å². The molecular formula is H5Ca2O6P+2. The molecule has 0 aliphatic carbocycles. The van der Waals surface area contributed by atoms with Crippen LogP contribution >= 0.6 is 7.82 Å². The minimum atomic E-state index is -5.14. The molecule has 0 saturated carbocycles.